The van der Waals surface area contributed by atoms with E-state index in [1.807, 2.05) is 45.0 Å². The van der Waals surface area contributed by atoms with Gasteiger partial charge in [0.2, 0.25) is 16.9 Å². The summed E-state index contributed by atoms with van der Waals surface area (Å²) in [5.41, 5.74) is 0.752. The molecule has 1 atom stereocenters. The molecule has 0 aliphatic heterocycles. The Kier molecular flexibility index (Phi) is 6.31. The van der Waals surface area contributed by atoms with Crippen molar-refractivity contribution in [3.05, 3.63) is 24.3 Å². The van der Waals surface area contributed by atoms with E-state index >= 15 is 0 Å². The van der Waals surface area contributed by atoms with Gasteiger partial charge in [0, 0.05) is 12.0 Å². The number of anilines is 1. The molecule has 1 heterocycles. The molecule has 2 amide bonds. The zero-order chi connectivity index (χ0) is 19.3. The summed E-state index contributed by atoms with van der Waals surface area (Å²) in [5.74, 6) is 0.271. The SMILES string of the molecule is COc1ccc(-c2nnc(NC(=O)[C@H](C)NC(=O)CC(C)(C)C)s2)cc1. The number of rotatable bonds is 6. The average molecular weight is 376 g/mol. The van der Waals surface area contributed by atoms with Crippen LogP contribution in [-0.2, 0) is 9.59 Å². The third-order valence-corrected chi connectivity index (χ3v) is 4.34. The molecule has 0 saturated heterocycles. The van der Waals surface area contributed by atoms with Crippen molar-refractivity contribution >= 4 is 28.3 Å². The first-order valence-electron chi connectivity index (χ1n) is 8.26. The summed E-state index contributed by atoms with van der Waals surface area (Å²) in [6.07, 6.45) is 0.352. The summed E-state index contributed by atoms with van der Waals surface area (Å²) in [4.78, 5) is 24.2. The van der Waals surface area contributed by atoms with Gasteiger partial charge >= 0.3 is 0 Å². The van der Waals surface area contributed by atoms with E-state index in [0.717, 1.165) is 11.3 Å². The van der Waals surface area contributed by atoms with Crippen molar-refractivity contribution in [3.8, 4) is 16.3 Å². The number of aromatic nitrogens is 2. The maximum Gasteiger partial charge on any atom is 0.248 e. The highest BCUT2D eigenvalue weighted by atomic mass is 32.1. The zero-order valence-electron chi connectivity index (χ0n) is 15.6. The lowest BCUT2D eigenvalue weighted by Gasteiger charge is -2.19. The van der Waals surface area contributed by atoms with Crippen LogP contribution in [0.3, 0.4) is 0 Å². The Bertz CT molecular complexity index is 765. The molecule has 1 aromatic heterocycles. The first kappa shape index (κ1) is 19.8. The number of hydrogen-bond acceptors (Lipinski definition) is 6. The summed E-state index contributed by atoms with van der Waals surface area (Å²) in [6.45, 7) is 7.55. The molecular formula is C18H24N4O3S. The van der Waals surface area contributed by atoms with Gasteiger partial charge < -0.3 is 10.1 Å². The Hall–Kier alpha value is -2.48. The van der Waals surface area contributed by atoms with Crippen LogP contribution >= 0.6 is 11.3 Å². The van der Waals surface area contributed by atoms with Crippen molar-refractivity contribution in [1.82, 2.24) is 15.5 Å². The fraction of sp³-hybridized carbons (Fsp3) is 0.444. The minimum Gasteiger partial charge on any atom is -0.497 e. The van der Waals surface area contributed by atoms with Gasteiger partial charge in [-0.2, -0.15) is 0 Å². The van der Waals surface area contributed by atoms with Gasteiger partial charge in [-0.05, 0) is 36.6 Å². The molecule has 26 heavy (non-hydrogen) atoms. The predicted octanol–water partition coefficient (Wildman–Crippen LogP) is 3.09. The Labute approximate surface area is 157 Å². The fourth-order valence-corrected chi connectivity index (χ4v) is 2.93. The van der Waals surface area contributed by atoms with Crippen LogP contribution in [0.4, 0.5) is 5.13 Å². The predicted molar refractivity (Wildman–Crippen MR) is 102 cm³/mol. The molecule has 0 saturated carbocycles. The summed E-state index contributed by atoms with van der Waals surface area (Å²) >= 11 is 1.27. The molecule has 2 aromatic rings. The minimum atomic E-state index is -0.654. The van der Waals surface area contributed by atoms with Gasteiger partial charge in [-0.3, -0.25) is 14.9 Å². The summed E-state index contributed by atoms with van der Waals surface area (Å²) < 4.78 is 5.13. The summed E-state index contributed by atoms with van der Waals surface area (Å²) in [5, 5.41) is 14.5. The van der Waals surface area contributed by atoms with Gasteiger partial charge in [0.25, 0.3) is 0 Å². The number of carbonyl (C=O) groups excluding carboxylic acids is 2. The van der Waals surface area contributed by atoms with E-state index in [9.17, 15) is 9.59 Å². The Balaban J connectivity index is 1.95. The van der Waals surface area contributed by atoms with Gasteiger partial charge in [-0.25, -0.2) is 0 Å². The maximum atomic E-state index is 12.2. The van der Waals surface area contributed by atoms with Crippen molar-refractivity contribution < 1.29 is 14.3 Å². The van der Waals surface area contributed by atoms with Crippen molar-refractivity contribution in [3.63, 3.8) is 0 Å². The van der Waals surface area contributed by atoms with Crippen LogP contribution in [0.25, 0.3) is 10.6 Å². The van der Waals surface area contributed by atoms with Gasteiger partial charge in [0.15, 0.2) is 0 Å². The normalized spacial score (nSPS) is 12.3. The van der Waals surface area contributed by atoms with Crippen LogP contribution in [0, 0.1) is 5.41 Å². The number of nitrogens with one attached hydrogen (secondary N) is 2. The number of methoxy groups -OCH3 is 1. The molecule has 0 bridgehead atoms. The molecule has 0 aliphatic carbocycles. The fourth-order valence-electron chi connectivity index (χ4n) is 2.18. The second-order valence-corrected chi connectivity index (χ2v) is 8.13. The maximum absolute atomic E-state index is 12.2. The molecule has 0 radical (unpaired) electrons. The smallest absolute Gasteiger partial charge is 0.248 e. The average Bonchev–Trinajstić information content (AvgIpc) is 3.01. The number of carbonyl (C=O) groups is 2. The third-order valence-electron chi connectivity index (χ3n) is 3.45. The summed E-state index contributed by atoms with van der Waals surface area (Å²) in [7, 11) is 1.61. The Morgan fingerprint density at radius 3 is 2.42 bits per heavy atom. The van der Waals surface area contributed by atoms with E-state index in [1.54, 1.807) is 14.0 Å². The molecule has 0 spiro atoms. The van der Waals surface area contributed by atoms with Gasteiger partial charge in [0.05, 0.1) is 7.11 Å². The first-order valence-corrected chi connectivity index (χ1v) is 9.08. The molecule has 1 aromatic carbocycles. The summed E-state index contributed by atoms with van der Waals surface area (Å²) in [6, 6.07) is 6.77. The number of benzene rings is 1. The van der Waals surface area contributed by atoms with E-state index in [-0.39, 0.29) is 17.2 Å². The van der Waals surface area contributed by atoms with E-state index in [2.05, 4.69) is 20.8 Å². The van der Waals surface area contributed by atoms with E-state index in [1.165, 1.54) is 11.3 Å². The van der Waals surface area contributed by atoms with E-state index < -0.39 is 6.04 Å². The molecule has 0 fully saturated rings. The Morgan fingerprint density at radius 2 is 1.85 bits per heavy atom. The molecule has 2 rings (SSSR count). The lowest BCUT2D eigenvalue weighted by Crippen LogP contribution is -2.42. The van der Waals surface area contributed by atoms with E-state index in [0.29, 0.717) is 16.6 Å². The number of hydrogen-bond donors (Lipinski definition) is 2. The van der Waals surface area contributed by atoms with Crippen LogP contribution in [0.1, 0.15) is 34.1 Å². The van der Waals surface area contributed by atoms with Crippen LogP contribution < -0.4 is 15.4 Å². The van der Waals surface area contributed by atoms with Crippen molar-refractivity contribution in [2.45, 2.75) is 40.2 Å². The molecule has 2 N–H and O–H groups in total. The van der Waals surface area contributed by atoms with Gasteiger partial charge in [0.1, 0.15) is 16.8 Å². The number of ether oxygens (including phenoxy) is 1. The first-order chi connectivity index (χ1) is 12.2. The molecule has 0 aliphatic rings. The third kappa shape index (κ3) is 5.80. The second kappa shape index (κ2) is 8.27. The van der Waals surface area contributed by atoms with E-state index in [4.69, 9.17) is 4.74 Å². The van der Waals surface area contributed by atoms with Crippen LogP contribution in [-0.4, -0.2) is 35.2 Å². The standard InChI is InChI=1S/C18H24N4O3S/c1-11(19-14(23)10-18(2,3)4)15(24)20-17-22-21-16(26-17)12-6-8-13(25-5)9-7-12/h6-9,11H,10H2,1-5H3,(H,19,23)(H,20,22,24)/t11-/m0/s1. The van der Waals surface area contributed by atoms with Gasteiger partial charge in [-0.15, -0.1) is 10.2 Å². The highest BCUT2D eigenvalue weighted by Crippen LogP contribution is 2.27. The topological polar surface area (TPSA) is 93.2 Å². The van der Waals surface area contributed by atoms with Crippen LogP contribution in [0.5, 0.6) is 5.75 Å². The monoisotopic (exact) mass is 376 g/mol. The molecular weight excluding hydrogens is 352 g/mol. The van der Waals surface area contributed by atoms with Crippen molar-refractivity contribution in [1.29, 1.82) is 0 Å². The zero-order valence-corrected chi connectivity index (χ0v) is 16.4. The number of amides is 2. The van der Waals surface area contributed by atoms with Gasteiger partial charge in [-0.1, -0.05) is 32.1 Å². The lowest BCUT2D eigenvalue weighted by atomic mass is 9.92. The second-order valence-electron chi connectivity index (χ2n) is 7.16. The quantitative estimate of drug-likeness (QED) is 0.808. The van der Waals surface area contributed by atoms with Crippen molar-refractivity contribution in [2.24, 2.45) is 5.41 Å². The molecule has 8 heteroatoms. The largest absolute Gasteiger partial charge is 0.497 e. The molecule has 7 nitrogen and oxygen atoms in total. The highest BCUT2D eigenvalue weighted by molar-refractivity contribution is 7.18. The highest BCUT2D eigenvalue weighted by Gasteiger charge is 2.21. The molecule has 0 unspecified atom stereocenters. The van der Waals surface area contributed by atoms with Crippen LogP contribution in [0.2, 0.25) is 0 Å². The molecule has 140 valence electrons. The minimum absolute atomic E-state index is 0.132. The van der Waals surface area contributed by atoms with Crippen LogP contribution in [0.15, 0.2) is 24.3 Å². The Morgan fingerprint density at radius 1 is 1.19 bits per heavy atom. The number of nitrogens with zero attached hydrogens (tertiary/aromatic N) is 2. The lowest BCUT2D eigenvalue weighted by molar-refractivity contribution is -0.127. The van der Waals surface area contributed by atoms with Crippen molar-refractivity contribution in [2.75, 3.05) is 12.4 Å².